The van der Waals surface area contributed by atoms with Crippen molar-refractivity contribution in [3.63, 3.8) is 0 Å². The highest BCUT2D eigenvalue weighted by molar-refractivity contribution is 7.99. The zero-order chi connectivity index (χ0) is 11.3. The number of aromatic nitrogens is 2. The summed E-state index contributed by atoms with van der Waals surface area (Å²) in [4.78, 5) is 14.9. The lowest BCUT2D eigenvalue weighted by molar-refractivity contribution is -0.116. The number of hydrogen-bond donors (Lipinski definition) is 0. The number of nitrogens with zero attached hydrogens (tertiary/aromatic N) is 2. The van der Waals surface area contributed by atoms with Crippen LogP contribution in [0, 0.1) is 0 Å². The molecule has 0 aromatic carbocycles. The lowest BCUT2D eigenvalue weighted by atomic mass is 10.3. The first-order valence-electron chi connectivity index (χ1n) is 5.04. The van der Waals surface area contributed by atoms with E-state index in [4.69, 9.17) is 4.52 Å². The van der Waals surface area contributed by atoms with E-state index >= 15 is 0 Å². The van der Waals surface area contributed by atoms with Gasteiger partial charge >= 0.3 is 0 Å². The molecule has 4 nitrogen and oxygen atoms in total. The third-order valence-corrected chi connectivity index (χ3v) is 3.31. The number of rotatable bonds is 6. The second-order valence-corrected chi connectivity index (χ2v) is 4.94. The normalized spacial score (nSPS) is 12.7. The molecule has 1 aromatic rings. The minimum Gasteiger partial charge on any atom is -0.339 e. The highest BCUT2D eigenvalue weighted by Gasteiger charge is 2.09. The quantitative estimate of drug-likeness (QED) is 0.747. The SMILES string of the molecule is CCC(C)SCc1noc(CC(C)=O)n1. The van der Waals surface area contributed by atoms with E-state index in [-0.39, 0.29) is 12.2 Å². The van der Waals surface area contributed by atoms with E-state index in [1.165, 1.54) is 6.92 Å². The molecular formula is C10H16N2O2S. The monoisotopic (exact) mass is 228 g/mol. The zero-order valence-corrected chi connectivity index (χ0v) is 10.1. The fraction of sp³-hybridized carbons (Fsp3) is 0.700. The van der Waals surface area contributed by atoms with E-state index in [9.17, 15) is 4.79 Å². The van der Waals surface area contributed by atoms with Crippen LogP contribution in [0.5, 0.6) is 0 Å². The maximum atomic E-state index is 10.8. The molecule has 15 heavy (non-hydrogen) atoms. The van der Waals surface area contributed by atoms with Gasteiger partial charge < -0.3 is 4.52 Å². The van der Waals surface area contributed by atoms with Crippen LogP contribution in [-0.2, 0) is 17.0 Å². The second-order valence-electron chi connectivity index (χ2n) is 3.51. The summed E-state index contributed by atoms with van der Waals surface area (Å²) in [5.74, 6) is 1.88. The molecule has 0 spiro atoms. The fourth-order valence-corrected chi connectivity index (χ4v) is 1.75. The average molecular weight is 228 g/mol. The summed E-state index contributed by atoms with van der Waals surface area (Å²) in [6, 6.07) is 0. The molecule has 1 atom stereocenters. The highest BCUT2D eigenvalue weighted by Crippen LogP contribution is 2.17. The Bertz CT molecular complexity index is 325. The summed E-state index contributed by atoms with van der Waals surface area (Å²) < 4.78 is 4.95. The minimum absolute atomic E-state index is 0.0415. The standard InChI is InChI=1S/C10H16N2O2S/c1-4-8(3)15-6-9-11-10(14-12-9)5-7(2)13/h8H,4-6H2,1-3H3. The average Bonchev–Trinajstić information content (AvgIpc) is 2.61. The Balaban J connectivity index is 2.42. The van der Waals surface area contributed by atoms with Crippen molar-refractivity contribution in [2.75, 3.05) is 0 Å². The van der Waals surface area contributed by atoms with Gasteiger partial charge in [-0.1, -0.05) is 19.0 Å². The molecule has 1 unspecified atom stereocenters. The molecule has 0 aliphatic rings. The van der Waals surface area contributed by atoms with E-state index in [0.29, 0.717) is 17.0 Å². The number of thioether (sulfide) groups is 1. The number of hydrogen-bond acceptors (Lipinski definition) is 5. The molecule has 0 N–H and O–H groups in total. The van der Waals surface area contributed by atoms with Gasteiger partial charge in [-0.05, 0) is 13.3 Å². The number of ketones is 1. The molecule has 1 heterocycles. The van der Waals surface area contributed by atoms with Crippen molar-refractivity contribution >= 4 is 17.5 Å². The minimum atomic E-state index is 0.0415. The van der Waals surface area contributed by atoms with E-state index in [1.54, 1.807) is 11.8 Å². The van der Waals surface area contributed by atoms with Gasteiger partial charge in [-0.2, -0.15) is 16.7 Å². The van der Waals surface area contributed by atoms with Crippen molar-refractivity contribution in [3.05, 3.63) is 11.7 Å². The molecule has 0 fully saturated rings. The molecule has 0 saturated heterocycles. The van der Waals surface area contributed by atoms with Crippen molar-refractivity contribution in [3.8, 4) is 0 Å². The molecule has 0 radical (unpaired) electrons. The van der Waals surface area contributed by atoms with Crippen LogP contribution in [0.15, 0.2) is 4.52 Å². The van der Waals surface area contributed by atoms with Gasteiger partial charge in [0.05, 0.1) is 12.2 Å². The smallest absolute Gasteiger partial charge is 0.234 e. The molecular weight excluding hydrogens is 212 g/mol. The third kappa shape index (κ3) is 4.46. The Morgan fingerprint density at radius 3 is 2.93 bits per heavy atom. The van der Waals surface area contributed by atoms with Gasteiger partial charge in [0, 0.05) is 5.25 Å². The van der Waals surface area contributed by atoms with Crippen molar-refractivity contribution in [1.82, 2.24) is 10.1 Å². The second kappa shape index (κ2) is 5.90. The lowest BCUT2D eigenvalue weighted by Gasteiger charge is -2.04. The van der Waals surface area contributed by atoms with Crippen LogP contribution in [0.1, 0.15) is 38.9 Å². The van der Waals surface area contributed by atoms with Crippen molar-refractivity contribution < 1.29 is 9.32 Å². The molecule has 0 saturated carbocycles. The van der Waals surface area contributed by atoms with Crippen LogP contribution < -0.4 is 0 Å². The zero-order valence-electron chi connectivity index (χ0n) is 9.32. The van der Waals surface area contributed by atoms with E-state index in [2.05, 4.69) is 24.0 Å². The van der Waals surface area contributed by atoms with Gasteiger partial charge in [0.15, 0.2) is 5.82 Å². The summed E-state index contributed by atoms with van der Waals surface area (Å²) in [5, 5.41) is 4.41. The molecule has 0 bridgehead atoms. The summed E-state index contributed by atoms with van der Waals surface area (Å²) in [6.07, 6.45) is 1.36. The van der Waals surface area contributed by atoms with Crippen LogP contribution in [0.25, 0.3) is 0 Å². The Hall–Kier alpha value is -0.840. The summed E-state index contributed by atoms with van der Waals surface area (Å²) in [6.45, 7) is 5.83. The first-order valence-corrected chi connectivity index (χ1v) is 6.09. The highest BCUT2D eigenvalue weighted by atomic mass is 32.2. The molecule has 1 rings (SSSR count). The summed E-state index contributed by atoms with van der Waals surface area (Å²) in [5.41, 5.74) is 0. The van der Waals surface area contributed by atoms with Crippen molar-refractivity contribution in [2.45, 2.75) is 44.6 Å². The third-order valence-electron chi connectivity index (χ3n) is 1.98. The maximum absolute atomic E-state index is 10.8. The predicted molar refractivity (Wildman–Crippen MR) is 59.7 cm³/mol. The van der Waals surface area contributed by atoms with E-state index in [1.807, 2.05) is 0 Å². The Morgan fingerprint density at radius 2 is 2.33 bits per heavy atom. The first kappa shape index (κ1) is 12.2. The van der Waals surface area contributed by atoms with Gasteiger partial charge in [-0.15, -0.1) is 0 Å². The largest absolute Gasteiger partial charge is 0.339 e. The number of Topliss-reactive ketones (excluding diaryl/α,β-unsaturated/α-hetero) is 1. The predicted octanol–water partition coefficient (Wildman–Crippen LogP) is 2.23. The summed E-state index contributed by atoms with van der Waals surface area (Å²) in [7, 11) is 0. The van der Waals surface area contributed by atoms with Crippen molar-refractivity contribution in [2.24, 2.45) is 0 Å². The van der Waals surface area contributed by atoms with Crippen LogP contribution in [0.4, 0.5) is 0 Å². The van der Waals surface area contributed by atoms with Crippen LogP contribution in [0.3, 0.4) is 0 Å². The molecule has 0 aliphatic heterocycles. The molecule has 84 valence electrons. The maximum Gasteiger partial charge on any atom is 0.234 e. The van der Waals surface area contributed by atoms with Gasteiger partial charge in [-0.25, -0.2) is 0 Å². The van der Waals surface area contributed by atoms with Crippen LogP contribution >= 0.6 is 11.8 Å². The molecule has 1 aromatic heterocycles. The Labute approximate surface area is 93.8 Å². The van der Waals surface area contributed by atoms with Gasteiger partial charge in [0.1, 0.15) is 5.78 Å². The van der Waals surface area contributed by atoms with Crippen LogP contribution in [0.2, 0.25) is 0 Å². The number of carbonyl (C=O) groups excluding carboxylic acids is 1. The van der Waals surface area contributed by atoms with E-state index in [0.717, 1.165) is 12.2 Å². The van der Waals surface area contributed by atoms with Crippen molar-refractivity contribution in [1.29, 1.82) is 0 Å². The topological polar surface area (TPSA) is 56.0 Å². The van der Waals surface area contributed by atoms with Gasteiger partial charge in [-0.3, -0.25) is 4.79 Å². The summed E-state index contributed by atoms with van der Waals surface area (Å²) >= 11 is 1.79. The lowest BCUT2D eigenvalue weighted by Crippen LogP contribution is -1.97. The molecule has 0 amide bonds. The van der Waals surface area contributed by atoms with Gasteiger partial charge in [0.2, 0.25) is 5.89 Å². The number of carbonyl (C=O) groups is 1. The fourth-order valence-electron chi connectivity index (χ4n) is 0.968. The Kier molecular flexibility index (Phi) is 4.81. The molecule has 5 heteroatoms. The van der Waals surface area contributed by atoms with Gasteiger partial charge in [0.25, 0.3) is 0 Å². The van der Waals surface area contributed by atoms with Crippen LogP contribution in [-0.4, -0.2) is 21.2 Å². The van der Waals surface area contributed by atoms with E-state index < -0.39 is 0 Å². The Morgan fingerprint density at radius 1 is 1.60 bits per heavy atom. The first-order chi connectivity index (χ1) is 7.11. The molecule has 0 aliphatic carbocycles.